The van der Waals surface area contributed by atoms with Crippen molar-refractivity contribution in [1.29, 1.82) is 0 Å². The maximum atomic E-state index is 9.40. The Bertz CT molecular complexity index is 161. The van der Waals surface area contributed by atoms with Crippen LogP contribution in [0.4, 0.5) is 0 Å². The zero-order chi connectivity index (χ0) is 10.0. The molecule has 0 aliphatic carbocycles. The summed E-state index contributed by atoms with van der Waals surface area (Å²) in [4.78, 5) is 0. The van der Waals surface area contributed by atoms with Crippen LogP contribution in [0.5, 0.6) is 0 Å². The molecular formula is C8H16O5. The molecule has 0 amide bonds. The summed E-state index contributed by atoms with van der Waals surface area (Å²) < 4.78 is 10.2. The van der Waals surface area contributed by atoms with Gasteiger partial charge in [-0.2, -0.15) is 0 Å². The first-order valence-electron chi connectivity index (χ1n) is 4.33. The third-order valence-corrected chi connectivity index (χ3v) is 1.86. The summed E-state index contributed by atoms with van der Waals surface area (Å²) in [6.45, 7) is 3.58. The Morgan fingerprint density at radius 3 is 2.38 bits per heavy atom. The Morgan fingerprint density at radius 1 is 1.23 bits per heavy atom. The highest BCUT2D eigenvalue weighted by Crippen LogP contribution is 2.17. The zero-order valence-corrected chi connectivity index (χ0v) is 7.75. The van der Waals surface area contributed by atoms with Gasteiger partial charge < -0.3 is 24.8 Å². The van der Waals surface area contributed by atoms with Crippen molar-refractivity contribution in [3.8, 4) is 0 Å². The highest BCUT2D eigenvalue weighted by Gasteiger charge is 2.38. The van der Waals surface area contributed by atoms with Crippen molar-refractivity contribution in [3.05, 3.63) is 0 Å². The summed E-state index contributed by atoms with van der Waals surface area (Å²) in [6.07, 6.45) is -4.37. The lowest BCUT2D eigenvalue weighted by Crippen LogP contribution is -2.54. The predicted molar refractivity (Wildman–Crippen MR) is 44.0 cm³/mol. The largest absolute Gasteiger partial charge is 0.388 e. The smallest absolute Gasteiger partial charge is 0.186 e. The fourth-order valence-corrected chi connectivity index (χ4v) is 1.17. The van der Waals surface area contributed by atoms with Gasteiger partial charge in [-0.25, -0.2) is 0 Å². The van der Waals surface area contributed by atoms with E-state index in [0.717, 1.165) is 0 Å². The van der Waals surface area contributed by atoms with Gasteiger partial charge in [0.1, 0.15) is 18.3 Å². The standard InChI is InChI=1S/C8H16O5/c1-4(2)13-8-7(11)6(10)5(9)3-12-8/h4-11H,3H2,1-2H3/t5-,6-,7+,8+/m1/s1. The van der Waals surface area contributed by atoms with E-state index in [0.29, 0.717) is 0 Å². The third-order valence-electron chi connectivity index (χ3n) is 1.86. The van der Waals surface area contributed by atoms with Crippen molar-refractivity contribution < 1.29 is 24.8 Å². The Hall–Kier alpha value is -0.200. The SMILES string of the molecule is CC(C)O[C@@H]1OC[C@@H](O)[C@@H](O)[C@@H]1O. The Labute approximate surface area is 76.9 Å². The minimum Gasteiger partial charge on any atom is -0.388 e. The van der Waals surface area contributed by atoms with Crippen molar-refractivity contribution in [1.82, 2.24) is 0 Å². The fraction of sp³-hybridized carbons (Fsp3) is 1.00. The molecule has 1 rings (SSSR count). The first-order valence-corrected chi connectivity index (χ1v) is 4.33. The molecule has 78 valence electrons. The molecule has 0 spiro atoms. The van der Waals surface area contributed by atoms with Gasteiger partial charge in [0, 0.05) is 0 Å². The molecule has 5 nitrogen and oxygen atoms in total. The first-order chi connectivity index (χ1) is 6.02. The van der Waals surface area contributed by atoms with Crippen LogP contribution < -0.4 is 0 Å². The Kier molecular flexibility index (Phi) is 3.63. The Morgan fingerprint density at radius 2 is 1.85 bits per heavy atom. The molecular weight excluding hydrogens is 176 g/mol. The maximum absolute atomic E-state index is 9.40. The number of ether oxygens (including phenoxy) is 2. The molecule has 0 aromatic rings. The molecule has 1 fully saturated rings. The van der Waals surface area contributed by atoms with Gasteiger partial charge in [0.15, 0.2) is 6.29 Å². The van der Waals surface area contributed by atoms with Gasteiger partial charge in [0.05, 0.1) is 12.7 Å². The van der Waals surface area contributed by atoms with E-state index in [1.54, 1.807) is 13.8 Å². The van der Waals surface area contributed by atoms with Gasteiger partial charge in [-0.1, -0.05) is 0 Å². The number of hydrogen-bond donors (Lipinski definition) is 3. The van der Waals surface area contributed by atoms with Crippen LogP contribution in [0.15, 0.2) is 0 Å². The quantitative estimate of drug-likeness (QED) is 0.515. The summed E-state index contributed by atoms with van der Waals surface area (Å²) in [7, 11) is 0. The minimum absolute atomic E-state index is 0.0182. The van der Waals surface area contributed by atoms with Crippen LogP contribution in [0.1, 0.15) is 13.8 Å². The lowest BCUT2D eigenvalue weighted by molar-refractivity contribution is -0.278. The van der Waals surface area contributed by atoms with Gasteiger partial charge in [-0.15, -0.1) is 0 Å². The molecule has 1 aliphatic heterocycles. The van der Waals surface area contributed by atoms with Crippen LogP contribution >= 0.6 is 0 Å². The summed E-state index contributed by atoms with van der Waals surface area (Å²) in [5, 5.41) is 27.8. The lowest BCUT2D eigenvalue weighted by atomic mass is 10.1. The van der Waals surface area contributed by atoms with E-state index in [9.17, 15) is 10.2 Å². The normalized spacial score (nSPS) is 41.1. The number of rotatable bonds is 2. The number of aliphatic hydroxyl groups excluding tert-OH is 3. The van der Waals surface area contributed by atoms with Crippen molar-refractivity contribution in [3.63, 3.8) is 0 Å². The van der Waals surface area contributed by atoms with Crippen molar-refractivity contribution in [2.24, 2.45) is 0 Å². The van der Waals surface area contributed by atoms with E-state index in [1.165, 1.54) is 0 Å². The van der Waals surface area contributed by atoms with Crippen molar-refractivity contribution >= 4 is 0 Å². The molecule has 0 radical (unpaired) electrons. The highest BCUT2D eigenvalue weighted by molar-refractivity contribution is 4.82. The number of hydrogen-bond acceptors (Lipinski definition) is 5. The van der Waals surface area contributed by atoms with E-state index in [4.69, 9.17) is 14.6 Å². The first kappa shape index (κ1) is 10.9. The zero-order valence-electron chi connectivity index (χ0n) is 7.75. The van der Waals surface area contributed by atoms with Crippen LogP contribution in [0, 0.1) is 0 Å². The molecule has 0 saturated carbocycles. The van der Waals surface area contributed by atoms with E-state index in [-0.39, 0.29) is 12.7 Å². The van der Waals surface area contributed by atoms with Gasteiger partial charge in [-0.3, -0.25) is 0 Å². The molecule has 3 N–H and O–H groups in total. The van der Waals surface area contributed by atoms with Crippen LogP contribution in [0.25, 0.3) is 0 Å². The third kappa shape index (κ3) is 2.62. The molecule has 4 atom stereocenters. The molecule has 0 unspecified atom stereocenters. The second kappa shape index (κ2) is 4.34. The summed E-state index contributed by atoms with van der Waals surface area (Å²) >= 11 is 0. The predicted octanol–water partition coefficient (Wildman–Crippen LogP) is -1.15. The van der Waals surface area contributed by atoms with Crippen molar-refractivity contribution in [2.75, 3.05) is 6.61 Å². The van der Waals surface area contributed by atoms with Gasteiger partial charge in [0.2, 0.25) is 0 Å². The second-order valence-corrected chi connectivity index (χ2v) is 3.44. The minimum atomic E-state index is -1.20. The van der Waals surface area contributed by atoms with E-state index in [2.05, 4.69) is 0 Å². The van der Waals surface area contributed by atoms with E-state index < -0.39 is 24.6 Å². The van der Waals surface area contributed by atoms with Crippen molar-refractivity contribution in [2.45, 2.75) is 44.6 Å². The fourth-order valence-electron chi connectivity index (χ4n) is 1.17. The van der Waals surface area contributed by atoms with Crippen LogP contribution in [-0.2, 0) is 9.47 Å². The molecule has 5 heteroatoms. The monoisotopic (exact) mass is 192 g/mol. The molecule has 1 saturated heterocycles. The van der Waals surface area contributed by atoms with Gasteiger partial charge >= 0.3 is 0 Å². The van der Waals surface area contributed by atoms with E-state index in [1.807, 2.05) is 0 Å². The van der Waals surface area contributed by atoms with Crippen LogP contribution in [-0.4, -0.2) is 52.6 Å². The van der Waals surface area contributed by atoms with E-state index >= 15 is 0 Å². The average molecular weight is 192 g/mol. The molecule has 1 heterocycles. The maximum Gasteiger partial charge on any atom is 0.186 e. The Balaban J connectivity index is 2.48. The van der Waals surface area contributed by atoms with Gasteiger partial charge in [-0.05, 0) is 13.8 Å². The second-order valence-electron chi connectivity index (χ2n) is 3.44. The average Bonchev–Trinajstić information content (AvgIpc) is 2.06. The molecule has 1 aliphatic rings. The van der Waals surface area contributed by atoms with Crippen LogP contribution in [0.3, 0.4) is 0 Å². The number of aliphatic hydroxyl groups is 3. The van der Waals surface area contributed by atoms with Gasteiger partial charge in [0.25, 0.3) is 0 Å². The molecule has 0 aromatic carbocycles. The molecule has 0 aromatic heterocycles. The summed E-state index contributed by atoms with van der Waals surface area (Å²) in [5.41, 5.74) is 0. The molecule has 0 bridgehead atoms. The topological polar surface area (TPSA) is 79.2 Å². The molecule has 13 heavy (non-hydrogen) atoms. The summed E-state index contributed by atoms with van der Waals surface area (Å²) in [6, 6.07) is 0. The lowest BCUT2D eigenvalue weighted by Gasteiger charge is -2.35. The van der Waals surface area contributed by atoms with Crippen LogP contribution in [0.2, 0.25) is 0 Å². The highest BCUT2D eigenvalue weighted by atomic mass is 16.7. The summed E-state index contributed by atoms with van der Waals surface area (Å²) in [5.74, 6) is 0.